The van der Waals surface area contributed by atoms with Gasteiger partial charge in [0, 0.05) is 19.0 Å². The molecule has 1 atom stereocenters. The number of benzene rings is 3. The van der Waals surface area contributed by atoms with Gasteiger partial charge in [0.2, 0.25) is 5.91 Å². The Balaban J connectivity index is 1.60. The zero-order valence-electron chi connectivity index (χ0n) is 21.1. The molecular formula is C31H36N2O3. The van der Waals surface area contributed by atoms with Crippen LogP contribution in [-0.4, -0.2) is 35.4 Å². The van der Waals surface area contributed by atoms with Crippen molar-refractivity contribution in [2.75, 3.05) is 6.61 Å². The molecular weight excluding hydrogens is 448 g/mol. The van der Waals surface area contributed by atoms with Crippen LogP contribution in [0.5, 0.6) is 5.75 Å². The first-order valence-corrected chi connectivity index (χ1v) is 13.0. The van der Waals surface area contributed by atoms with Crippen LogP contribution in [0.15, 0.2) is 84.9 Å². The quantitative estimate of drug-likeness (QED) is 0.416. The van der Waals surface area contributed by atoms with Gasteiger partial charge in [-0.2, -0.15) is 0 Å². The minimum Gasteiger partial charge on any atom is -0.484 e. The van der Waals surface area contributed by atoms with E-state index in [-0.39, 0.29) is 24.5 Å². The highest BCUT2D eigenvalue weighted by Crippen LogP contribution is 2.20. The van der Waals surface area contributed by atoms with Crippen molar-refractivity contribution in [2.24, 2.45) is 0 Å². The van der Waals surface area contributed by atoms with E-state index in [1.54, 1.807) is 4.90 Å². The van der Waals surface area contributed by atoms with Gasteiger partial charge in [-0.1, -0.05) is 97.6 Å². The molecule has 0 radical (unpaired) electrons. The van der Waals surface area contributed by atoms with Crippen LogP contribution in [0.3, 0.4) is 0 Å². The lowest BCUT2D eigenvalue weighted by molar-refractivity contribution is -0.143. The minimum absolute atomic E-state index is 0.0912. The van der Waals surface area contributed by atoms with Gasteiger partial charge in [0.1, 0.15) is 11.8 Å². The number of hydrogen-bond donors (Lipinski definition) is 1. The average Bonchev–Trinajstić information content (AvgIpc) is 2.91. The predicted octanol–water partition coefficient (Wildman–Crippen LogP) is 5.46. The normalized spacial score (nSPS) is 14.6. The number of ether oxygens (including phenoxy) is 1. The third-order valence-electron chi connectivity index (χ3n) is 6.76. The summed E-state index contributed by atoms with van der Waals surface area (Å²) in [5.74, 6) is 0.333. The fourth-order valence-corrected chi connectivity index (χ4v) is 4.85. The lowest BCUT2D eigenvalue weighted by Crippen LogP contribution is -2.53. The summed E-state index contributed by atoms with van der Waals surface area (Å²) in [5, 5.41) is 3.27. The van der Waals surface area contributed by atoms with Gasteiger partial charge in [-0.25, -0.2) is 0 Å². The molecule has 1 fully saturated rings. The highest BCUT2D eigenvalue weighted by molar-refractivity contribution is 5.88. The van der Waals surface area contributed by atoms with Gasteiger partial charge in [0.25, 0.3) is 5.91 Å². The fourth-order valence-electron chi connectivity index (χ4n) is 4.85. The number of para-hydroxylation sites is 1. The highest BCUT2D eigenvalue weighted by atomic mass is 16.5. The van der Waals surface area contributed by atoms with Gasteiger partial charge < -0.3 is 15.0 Å². The first kappa shape index (κ1) is 25.5. The van der Waals surface area contributed by atoms with Crippen LogP contribution in [0.4, 0.5) is 0 Å². The maximum absolute atomic E-state index is 13.7. The van der Waals surface area contributed by atoms with E-state index in [0.717, 1.165) is 42.4 Å². The highest BCUT2D eigenvalue weighted by Gasteiger charge is 2.32. The van der Waals surface area contributed by atoms with Crippen LogP contribution in [0, 0.1) is 6.92 Å². The second-order valence-corrected chi connectivity index (χ2v) is 9.66. The SMILES string of the molecule is Cc1cccc(CN(C(=O)COc2ccccc2)[C@@H](Cc2ccccc2)C(=O)NC2CCCCC2)c1. The predicted molar refractivity (Wildman–Crippen MR) is 143 cm³/mol. The zero-order chi connectivity index (χ0) is 25.2. The Morgan fingerprint density at radius 1 is 0.889 bits per heavy atom. The van der Waals surface area contributed by atoms with Crippen LogP contribution in [0.2, 0.25) is 0 Å². The summed E-state index contributed by atoms with van der Waals surface area (Å²) in [6.45, 7) is 2.25. The number of carbonyl (C=O) groups excluding carboxylic acids is 2. The van der Waals surface area contributed by atoms with Crippen LogP contribution in [-0.2, 0) is 22.6 Å². The van der Waals surface area contributed by atoms with Gasteiger partial charge in [0.15, 0.2) is 6.61 Å². The molecule has 0 heterocycles. The van der Waals surface area contributed by atoms with Gasteiger partial charge in [-0.3, -0.25) is 9.59 Å². The van der Waals surface area contributed by atoms with E-state index in [4.69, 9.17) is 4.74 Å². The van der Waals surface area contributed by atoms with Crippen molar-refractivity contribution in [3.63, 3.8) is 0 Å². The molecule has 188 valence electrons. The monoisotopic (exact) mass is 484 g/mol. The maximum Gasteiger partial charge on any atom is 0.261 e. The molecule has 3 aromatic rings. The first-order valence-electron chi connectivity index (χ1n) is 13.0. The number of amides is 2. The first-order chi connectivity index (χ1) is 17.6. The summed E-state index contributed by atoms with van der Waals surface area (Å²) >= 11 is 0. The van der Waals surface area contributed by atoms with E-state index in [1.807, 2.05) is 85.8 Å². The summed E-state index contributed by atoms with van der Waals surface area (Å²) in [5.41, 5.74) is 3.13. The van der Waals surface area contributed by atoms with E-state index >= 15 is 0 Å². The molecule has 1 aliphatic carbocycles. The van der Waals surface area contributed by atoms with Crippen molar-refractivity contribution in [3.8, 4) is 5.75 Å². The molecule has 5 nitrogen and oxygen atoms in total. The fraction of sp³-hybridized carbons (Fsp3) is 0.355. The van der Waals surface area contributed by atoms with Crippen molar-refractivity contribution >= 4 is 11.8 Å². The number of aryl methyl sites for hydroxylation is 1. The standard InChI is InChI=1S/C31H36N2O3/c1-24-12-11-15-26(20-24)22-33(30(34)23-36-28-18-9-4-10-19-28)29(21-25-13-5-2-6-14-25)31(35)32-27-16-7-3-8-17-27/h2,4-6,9-15,18-20,27,29H,3,7-8,16-17,21-23H2,1H3,(H,32,35)/t29-/m0/s1. The van der Waals surface area contributed by atoms with Crippen molar-refractivity contribution in [1.82, 2.24) is 10.2 Å². The van der Waals surface area contributed by atoms with E-state index in [9.17, 15) is 9.59 Å². The maximum atomic E-state index is 13.7. The number of carbonyl (C=O) groups is 2. The number of hydrogen-bond acceptors (Lipinski definition) is 3. The van der Waals surface area contributed by atoms with Gasteiger partial charge >= 0.3 is 0 Å². The van der Waals surface area contributed by atoms with Crippen LogP contribution in [0.25, 0.3) is 0 Å². The van der Waals surface area contributed by atoms with E-state index in [2.05, 4.69) is 11.4 Å². The van der Waals surface area contributed by atoms with Crippen molar-refractivity contribution in [2.45, 2.75) is 64.1 Å². The van der Waals surface area contributed by atoms with Gasteiger partial charge in [-0.05, 0) is 43.0 Å². The zero-order valence-corrected chi connectivity index (χ0v) is 21.1. The molecule has 0 aromatic heterocycles. The summed E-state index contributed by atoms with van der Waals surface area (Å²) in [4.78, 5) is 29.1. The summed E-state index contributed by atoms with van der Waals surface area (Å²) in [6.07, 6.45) is 5.91. The number of nitrogens with zero attached hydrogens (tertiary/aromatic N) is 1. The Labute approximate surface area is 214 Å². The second kappa shape index (κ2) is 12.9. The molecule has 2 amide bonds. The molecule has 0 unspecified atom stereocenters. The molecule has 0 saturated heterocycles. The topological polar surface area (TPSA) is 58.6 Å². The summed E-state index contributed by atoms with van der Waals surface area (Å²) < 4.78 is 5.82. The lowest BCUT2D eigenvalue weighted by Gasteiger charge is -2.33. The molecule has 5 heteroatoms. The molecule has 1 aliphatic rings. The van der Waals surface area contributed by atoms with Crippen LogP contribution in [0.1, 0.15) is 48.8 Å². The molecule has 0 bridgehead atoms. The molecule has 4 rings (SSSR count). The van der Waals surface area contributed by atoms with E-state index in [1.165, 1.54) is 6.42 Å². The van der Waals surface area contributed by atoms with Gasteiger partial charge in [-0.15, -0.1) is 0 Å². The summed E-state index contributed by atoms with van der Waals surface area (Å²) in [7, 11) is 0. The van der Waals surface area contributed by atoms with E-state index < -0.39 is 6.04 Å². The average molecular weight is 485 g/mol. The third-order valence-corrected chi connectivity index (χ3v) is 6.76. The van der Waals surface area contributed by atoms with Crippen molar-refractivity contribution in [3.05, 3.63) is 102 Å². The molecule has 36 heavy (non-hydrogen) atoms. The second-order valence-electron chi connectivity index (χ2n) is 9.66. The Kier molecular flexibility index (Phi) is 9.15. The molecule has 1 N–H and O–H groups in total. The lowest BCUT2D eigenvalue weighted by atomic mass is 9.94. The van der Waals surface area contributed by atoms with Gasteiger partial charge in [0.05, 0.1) is 0 Å². The molecule has 0 aliphatic heterocycles. The smallest absolute Gasteiger partial charge is 0.261 e. The summed E-state index contributed by atoms with van der Waals surface area (Å²) in [6, 6.07) is 26.9. The Morgan fingerprint density at radius 3 is 2.25 bits per heavy atom. The van der Waals surface area contributed by atoms with Crippen molar-refractivity contribution in [1.29, 1.82) is 0 Å². The Morgan fingerprint density at radius 2 is 1.56 bits per heavy atom. The molecule has 3 aromatic carbocycles. The third kappa shape index (κ3) is 7.45. The number of nitrogens with one attached hydrogen (secondary N) is 1. The molecule has 0 spiro atoms. The van der Waals surface area contributed by atoms with Crippen molar-refractivity contribution < 1.29 is 14.3 Å². The van der Waals surface area contributed by atoms with E-state index in [0.29, 0.717) is 18.7 Å². The number of rotatable bonds is 10. The molecule has 1 saturated carbocycles. The Bertz CT molecular complexity index is 1110. The largest absolute Gasteiger partial charge is 0.484 e. The van der Waals surface area contributed by atoms with Crippen LogP contribution < -0.4 is 10.1 Å². The Hall–Kier alpha value is -3.60. The minimum atomic E-state index is -0.637. The van der Waals surface area contributed by atoms with Crippen LogP contribution >= 0.6 is 0 Å².